The molecule has 3 fully saturated rings. The van der Waals surface area contributed by atoms with Crippen LogP contribution in [0.4, 0.5) is 13.6 Å². The predicted octanol–water partition coefficient (Wildman–Crippen LogP) is 0.864. The molecule has 1 saturated heterocycles. The van der Waals surface area contributed by atoms with Crippen molar-refractivity contribution in [1.82, 2.24) is 20.9 Å². The number of hydrogen-bond donors (Lipinski definition) is 4. The van der Waals surface area contributed by atoms with Gasteiger partial charge in [0.1, 0.15) is 24.2 Å². The van der Waals surface area contributed by atoms with Crippen LogP contribution in [-0.4, -0.2) is 83.1 Å². The summed E-state index contributed by atoms with van der Waals surface area (Å²) in [5.41, 5.74) is 3.55. The summed E-state index contributed by atoms with van der Waals surface area (Å²) in [6, 6.07) is -4.46. The number of nitrogens with zero attached hydrogens (tertiary/aromatic N) is 1. The Kier molecular flexibility index (Phi) is 9.04. The number of ketones is 1. The second-order valence-corrected chi connectivity index (χ2v) is 13.3. The van der Waals surface area contributed by atoms with Gasteiger partial charge in [0, 0.05) is 18.9 Å². The van der Waals surface area contributed by atoms with E-state index < -0.39 is 95.9 Å². The number of ether oxygens (including phenoxy) is 1. The average Bonchev–Trinajstić information content (AvgIpc) is 3.31. The topological polar surface area (TPSA) is 177 Å². The fourth-order valence-corrected chi connectivity index (χ4v) is 5.39. The largest absolute Gasteiger partial charge is 0.459 e. The van der Waals surface area contributed by atoms with Crippen molar-refractivity contribution in [3.63, 3.8) is 0 Å². The van der Waals surface area contributed by atoms with Crippen molar-refractivity contribution in [3.05, 3.63) is 0 Å². The molecule has 230 valence electrons. The number of Topliss-reactive ketones (excluding diaryl/α,β-unsaturated/α-hetero) is 1. The zero-order chi connectivity index (χ0) is 31.1. The summed E-state index contributed by atoms with van der Waals surface area (Å²) in [5.74, 6) is -8.85. The minimum Gasteiger partial charge on any atom is -0.459 e. The van der Waals surface area contributed by atoms with Crippen LogP contribution >= 0.6 is 0 Å². The summed E-state index contributed by atoms with van der Waals surface area (Å²) in [5, 5.41) is 7.40. The zero-order valence-corrected chi connectivity index (χ0v) is 24.3. The van der Waals surface area contributed by atoms with Crippen LogP contribution in [0.15, 0.2) is 0 Å². The number of halogens is 2. The molecule has 6 atom stereocenters. The molecule has 2 aliphatic carbocycles. The lowest BCUT2D eigenvalue weighted by atomic mass is 9.73. The Morgan fingerprint density at radius 3 is 2.10 bits per heavy atom. The molecule has 2 saturated carbocycles. The van der Waals surface area contributed by atoms with Crippen molar-refractivity contribution in [2.75, 3.05) is 13.1 Å². The van der Waals surface area contributed by atoms with E-state index in [-0.39, 0.29) is 18.4 Å². The Bertz CT molecular complexity index is 1100. The summed E-state index contributed by atoms with van der Waals surface area (Å²) in [4.78, 5) is 77.3. The van der Waals surface area contributed by atoms with Gasteiger partial charge in [0.2, 0.25) is 17.6 Å². The van der Waals surface area contributed by atoms with Crippen LogP contribution < -0.4 is 21.7 Å². The predicted molar refractivity (Wildman–Crippen MR) is 141 cm³/mol. The third kappa shape index (κ3) is 7.91. The maximum absolute atomic E-state index is 13.9. The van der Waals surface area contributed by atoms with Crippen molar-refractivity contribution < 1.29 is 42.3 Å². The number of fused-ring (bicyclic) bond motifs is 1. The van der Waals surface area contributed by atoms with E-state index in [4.69, 9.17) is 10.5 Å². The molecule has 0 spiro atoms. The molecule has 3 aliphatic rings. The SMILES string of the molecule is CC(C)(C)OC(=O)CNC(=O)N[C@H](C(=O)N1C[C@@H]2CCC2[C@H]1C(=O)NC(CC1CC1(F)F)C(=O)C(N)=O)C(C)(C)C. The van der Waals surface area contributed by atoms with Gasteiger partial charge in [-0.1, -0.05) is 20.8 Å². The van der Waals surface area contributed by atoms with Gasteiger partial charge in [-0.3, -0.25) is 24.0 Å². The van der Waals surface area contributed by atoms with Gasteiger partial charge in [-0.2, -0.15) is 0 Å². The smallest absolute Gasteiger partial charge is 0.325 e. The highest BCUT2D eigenvalue weighted by atomic mass is 19.3. The molecule has 12 nitrogen and oxygen atoms in total. The van der Waals surface area contributed by atoms with Crippen LogP contribution in [0.2, 0.25) is 0 Å². The van der Waals surface area contributed by atoms with Crippen molar-refractivity contribution >= 4 is 35.5 Å². The Labute approximate surface area is 237 Å². The molecule has 5 amide bonds. The molecular formula is C27H41F2N5O7. The Morgan fingerprint density at radius 2 is 1.63 bits per heavy atom. The third-order valence-corrected chi connectivity index (χ3v) is 7.75. The van der Waals surface area contributed by atoms with E-state index >= 15 is 0 Å². The van der Waals surface area contributed by atoms with Gasteiger partial charge >= 0.3 is 12.0 Å². The van der Waals surface area contributed by atoms with Crippen LogP contribution in [0.3, 0.4) is 0 Å². The molecule has 0 bridgehead atoms. The fourth-order valence-electron chi connectivity index (χ4n) is 5.39. The number of rotatable bonds is 10. The van der Waals surface area contributed by atoms with Crippen molar-refractivity contribution in [2.24, 2.45) is 28.9 Å². The number of carbonyl (C=O) groups is 6. The highest BCUT2D eigenvalue weighted by molar-refractivity contribution is 6.37. The number of nitrogens with two attached hydrogens (primary N) is 1. The number of likely N-dealkylation sites (tertiary alicyclic amines) is 1. The molecule has 5 N–H and O–H groups in total. The maximum atomic E-state index is 13.9. The Hall–Kier alpha value is -3.32. The second kappa shape index (κ2) is 11.5. The molecule has 0 radical (unpaired) electrons. The van der Waals surface area contributed by atoms with Gasteiger partial charge < -0.3 is 31.3 Å². The minimum absolute atomic E-state index is 0.00868. The average molecular weight is 586 g/mol. The van der Waals surface area contributed by atoms with E-state index in [0.717, 1.165) is 6.42 Å². The molecule has 3 unspecified atom stereocenters. The number of hydrogen-bond acceptors (Lipinski definition) is 7. The van der Waals surface area contributed by atoms with E-state index in [1.165, 1.54) is 4.90 Å². The number of alkyl halides is 2. The lowest BCUT2D eigenvalue weighted by molar-refractivity contribution is -0.153. The Morgan fingerprint density at radius 1 is 1.02 bits per heavy atom. The van der Waals surface area contributed by atoms with E-state index in [1.54, 1.807) is 41.5 Å². The first-order valence-corrected chi connectivity index (χ1v) is 13.8. The standard InChI is InChI=1S/C27H41F2N5O7/c1-25(2,3)20(33-24(40)31-11-17(35)41-26(4,5)6)23(39)34-12-13-7-8-15(13)18(34)22(38)32-16(19(36)21(30)37)9-14-10-27(14,28)29/h13-16,18,20H,7-12H2,1-6H3,(H2,30,37)(H,32,38)(H2,31,33,40)/t13-,14?,15?,16?,18-,20+/m0/s1. The second-order valence-electron chi connectivity index (χ2n) is 13.3. The minimum atomic E-state index is -2.98. The molecule has 1 aliphatic heterocycles. The molecule has 0 aromatic rings. The van der Waals surface area contributed by atoms with Crippen molar-refractivity contribution in [2.45, 2.75) is 96.9 Å². The monoisotopic (exact) mass is 585 g/mol. The van der Waals surface area contributed by atoms with Crippen molar-refractivity contribution in [1.29, 1.82) is 0 Å². The lowest BCUT2D eigenvalue weighted by Gasteiger charge is -2.37. The Balaban J connectivity index is 1.74. The number of nitrogens with one attached hydrogen (secondary N) is 3. The molecule has 14 heteroatoms. The summed E-state index contributed by atoms with van der Waals surface area (Å²) in [6.45, 7) is 10.0. The fraction of sp³-hybridized carbons (Fsp3) is 0.778. The number of carbonyl (C=O) groups excluding carboxylic acids is 6. The van der Waals surface area contributed by atoms with E-state index in [9.17, 15) is 37.5 Å². The highest BCUT2D eigenvalue weighted by Crippen LogP contribution is 2.51. The quantitative estimate of drug-likeness (QED) is 0.217. The first kappa shape index (κ1) is 32.2. The molecule has 1 heterocycles. The van der Waals surface area contributed by atoms with Gasteiger partial charge in [-0.15, -0.1) is 0 Å². The normalized spacial score (nSPS) is 26.0. The highest BCUT2D eigenvalue weighted by Gasteiger charge is 2.58. The summed E-state index contributed by atoms with van der Waals surface area (Å²) >= 11 is 0. The van der Waals surface area contributed by atoms with Gasteiger partial charge in [-0.05, 0) is 57.3 Å². The number of esters is 1. The van der Waals surface area contributed by atoms with E-state index in [1.807, 2.05) is 0 Å². The van der Waals surface area contributed by atoms with Crippen LogP contribution in [0.5, 0.6) is 0 Å². The van der Waals surface area contributed by atoms with Gasteiger partial charge in [-0.25, -0.2) is 13.6 Å². The number of amides is 5. The summed E-state index contributed by atoms with van der Waals surface area (Å²) < 4.78 is 32.3. The van der Waals surface area contributed by atoms with E-state index in [0.29, 0.717) is 6.42 Å². The van der Waals surface area contributed by atoms with Crippen molar-refractivity contribution in [3.8, 4) is 0 Å². The first-order chi connectivity index (χ1) is 18.7. The van der Waals surface area contributed by atoms with Gasteiger partial charge in [0.05, 0.1) is 6.04 Å². The first-order valence-electron chi connectivity index (χ1n) is 13.8. The molecule has 0 aromatic heterocycles. The summed E-state index contributed by atoms with van der Waals surface area (Å²) in [7, 11) is 0. The lowest BCUT2D eigenvalue weighted by Crippen LogP contribution is -2.61. The molecular weight excluding hydrogens is 544 g/mol. The molecule has 0 aromatic carbocycles. The molecule has 41 heavy (non-hydrogen) atoms. The summed E-state index contributed by atoms with van der Waals surface area (Å²) in [6.07, 6.45) is 0.490. The molecule has 3 rings (SSSR count). The van der Waals surface area contributed by atoms with Crippen LogP contribution in [-0.2, 0) is 28.7 Å². The number of primary amides is 1. The van der Waals surface area contributed by atoms with Gasteiger partial charge in [0.25, 0.3) is 11.8 Å². The number of urea groups is 1. The zero-order valence-electron chi connectivity index (χ0n) is 24.3. The van der Waals surface area contributed by atoms with Crippen LogP contribution in [0.25, 0.3) is 0 Å². The van der Waals surface area contributed by atoms with Crippen LogP contribution in [0, 0.1) is 23.2 Å². The third-order valence-electron chi connectivity index (χ3n) is 7.75. The van der Waals surface area contributed by atoms with Gasteiger partial charge in [0.15, 0.2) is 0 Å². The van der Waals surface area contributed by atoms with E-state index in [2.05, 4.69) is 16.0 Å². The maximum Gasteiger partial charge on any atom is 0.325 e. The van der Waals surface area contributed by atoms with Crippen LogP contribution in [0.1, 0.15) is 67.2 Å².